The minimum atomic E-state index is -0.233. The minimum absolute atomic E-state index is 0.0457. The summed E-state index contributed by atoms with van der Waals surface area (Å²) in [5, 5.41) is 15.6. The Morgan fingerprint density at radius 2 is 1.63 bits per heavy atom. The quantitative estimate of drug-likeness (QED) is 0.169. The number of aromatic hydroxyl groups is 1. The summed E-state index contributed by atoms with van der Waals surface area (Å²) in [4.78, 5) is 17.2. The molecule has 0 spiro atoms. The summed E-state index contributed by atoms with van der Waals surface area (Å²) in [6.07, 6.45) is 0. The Morgan fingerprint density at radius 3 is 2.15 bits per heavy atom. The molecule has 2 aromatic carbocycles. The van der Waals surface area contributed by atoms with Crippen LogP contribution in [0.2, 0.25) is 10.0 Å². The minimum Gasteiger partial charge on any atom is -0.505 e. The Kier molecular flexibility index (Phi) is 7.57. The third-order valence-electron chi connectivity index (χ3n) is 3.63. The summed E-state index contributed by atoms with van der Waals surface area (Å²) in [5.74, 6) is 0.267. The van der Waals surface area contributed by atoms with E-state index in [9.17, 15) is 9.90 Å². The van der Waals surface area contributed by atoms with Crippen molar-refractivity contribution >= 4 is 49.4 Å². The van der Waals surface area contributed by atoms with E-state index in [0.717, 1.165) is 11.1 Å². The first-order chi connectivity index (χ1) is 12.7. The lowest BCUT2D eigenvalue weighted by Gasteiger charge is -2.14. The number of hydrogen-bond acceptors (Lipinski definition) is 5. The molecule has 0 aromatic heterocycles. The Labute approximate surface area is 170 Å². The molecule has 0 bridgehead atoms. The number of halogens is 2. The zero-order valence-electron chi connectivity index (χ0n) is 15.3. The van der Waals surface area contributed by atoms with Gasteiger partial charge in [-0.1, -0.05) is 37.0 Å². The van der Waals surface area contributed by atoms with Crippen molar-refractivity contribution in [2.24, 2.45) is 5.92 Å². The molecule has 146 valence electrons. The first-order valence-electron chi connectivity index (χ1n) is 8.13. The van der Waals surface area contributed by atoms with Crippen LogP contribution in [0.15, 0.2) is 24.3 Å². The molecule has 2 aromatic rings. The highest BCUT2D eigenvalue weighted by atomic mass is 35.5. The smallest absolute Gasteiger partial charge is 0.226 e. The molecule has 6 nitrogen and oxygen atoms in total. The fraction of sp³-hybridized carbons (Fsp3) is 0.278. The van der Waals surface area contributed by atoms with Gasteiger partial charge in [0, 0.05) is 17.3 Å². The van der Waals surface area contributed by atoms with Crippen molar-refractivity contribution in [3.05, 3.63) is 45.4 Å². The third-order valence-corrected chi connectivity index (χ3v) is 4.76. The molecule has 9 heteroatoms. The molecule has 3 N–H and O–H groups in total. The van der Waals surface area contributed by atoms with Gasteiger partial charge < -0.3 is 20.4 Å². The highest BCUT2D eigenvalue weighted by Gasteiger charge is 2.12. The van der Waals surface area contributed by atoms with Crippen LogP contribution < -0.4 is 15.3 Å². The first kappa shape index (κ1) is 21.6. The molecule has 0 aliphatic heterocycles. The Morgan fingerprint density at radius 1 is 1.07 bits per heavy atom. The number of nitrogens with one attached hydrogen (secondary N) is 2. The number of amides is 1. The van der Waals surface area contributed by atoms with Crippen LogP contribution in [0, 0.1) is 19.8 Å². The highest BCUT2D eigenvalue weighted by molar-refractivity contribution is 7.34. The van der Waals surface area contributed by atoms with E-state index in [1.165, 1.54) is 12.1 Å². The fourth-order valence-corrected chi connectivity index (χ4v) is 3.14. The number of benzene rings is 2. The van der Waals surface area contributed by atoms with Gasteiger partial charge >= 0.3 is 0 Å². The van der Waals surface area contributed by atoms with E-state index in [1.807, 2.05) is 39.8 Å². The maximum atomic E-state index is 11.8. The number of rotatable bonds is 7. The standard InChI is InChI=1S/C18H21Cl2N2O4P/c1-9(2)18(24)21-12-5-10(3)17(11(4)6-12)25-26-27-22-13-7-14(19)16(23)15(20)8-13/h5-9,22-23,27H,1-4H3,(H,21,24). The fourth-order valence-electron chi connectivity index (χ4n) is 2.22. The van der Waals surface area contributed by atoms with Gasteiger partial charge in [0.05, 0.1) is 10.0 Å². The van der Waals surface area contributed by atoms with Crippen LogP contribution in [0.5, 0.6) is 11.5 Å². The SMILES string of the molecule is Cc1cc(NC(=O)C(C)C)cc(C)c1OOPNc1cc(Cl)c(O)c(Cl)c1. The number of carbonyl (C=O) groups excluding carboxylic acids is 1. The Hall–Kier alpha value is -1.72. The number of aryl methyl sites for hydroxylation is 2. The number of anilines is 2. The maximum absolute atomic E-state index is 11.8. The van der Waals surface area contributed by atoms with Gasteiger partial charge in [-0.05, 0) is 49.2 Å². The molecule has 0 aliphatic rings. The molecule has 27 heavy (non-hydrogen) atoms. The van der Waals surface area contributed by atoms with Crippen molar-refractivity contribution in [1.29, 1.82) is 0 Å². The summed E-state index contributed by atoms with van der Waals surface area (Å²) in [6.45, 7) is 7.41. The number of carbonyl (C=O) groups is 1. The van der Waals surface area contributed by atoms with Crippen molar-refractivity contribution in [3.63, 3.8) is 0 Å². The van der Waals surface area contributed by atoms with Gasteiger partial charge in [0.15, 0.2) is 20.5 Å². The molecule has 1 unspecified atom stereocenters. The molecular formula is C18H21Cl2N2O4P. The number of hydrogen-bond donors (Lipinski definition) is 3. The normalized spacial score (nSPS) is 11.2. The number of phenols is 1. The molecule has 0 fully saturated rings. The van der Waals surface area contributed by atoms with Gasteiger partial charge in [-0.2, -0.15) is 0 Å². The summed E-state index contributed by atoms with van der Waals surface area (Å²) >= 11 is 11.7. The summed E-state index contributed by atoms with van der Waals surface area (Å²) < 4.78 is 5.24. The molecule has 1 atom stereocenters. The molecule has 0 heterocycles. The van der Waals surface area contributed by atoms with Crippen LogP contribution in [-0.4, -0.2) is 11.0 Å². The molecule has 0 saturated heterocycles. The molecule has 2 rings (SSSR count). The van der Waals surface area contributed by atoms with Gasteiger partial charge in [0.2, 0.25) is 5.91 Å². The second-order valence-electron chi connectivity index (χ2n) is 6.27. The zero-order valence-corrected chi connectivity index (χ0v) is 17.8. The lowest BCUT2D eigenvalue weighted by Crippen LogP contribution is -2.17. The summed E-state index contributed by atoms with van der Waals surface area (Å²) in [5.41, 5.74) is 2.96. The topological polar surface area (TPSA) is 79.8 Å². The van der Waals surface area contributed by atoms with E-state index in [4.69, 9.17) is 32.8 Å². The molecule has 0 saturated carbocycles. The Bertz CT molecular complexity index is 800. The van der Waals surface area contributed by atoms with Crippen molar-refractivity contribution in [2.75, 3.05) is 10.4 Å². The van der Waals surface area contributed by atoms with Crippen LogP contribution in [0.25, 0.3) is 0 Å². The van der Waals surface area contributed by atoms with E-state index < -0.39 is 0 Å². The van der Waals surface area contributed by atoms with Gasteiger partial charge in [-0.15, -0.1) is 4.67 Å². The zero-order chi connectivity index (χ0) is 20.1. The van der Waals surface area contributed by atoms with Crippen LogP contribution in [-0.2, 0) is 9.47 Å². The lowest BCUT2D eigenvalue weighted by molar-refractivity contribution is -0.118. The van der Waals surface area contributed by atoms with Gasteiger partial charge in [0.1, 0.15) is 0 Å². The average molecular weight is 431 g/mol. The highest BCUT2D eigenvalue weighted by Crippen LogP contribution is 2.36. The molecular weight excluding hydrogens is 410 g/mol. The van der Waals surface area contributed by atoms with Gasteiger partial charge in [-0.25, -0.2) is 0 Å². The molecule has 1 amide bonds. The average Bonchev–Trinajstić information content (AvgIpc) is 2.58. The number of phenolic OH excluding ortho intramolecular Hbond substituents is 1. The predicted molar refractivity (Wildman–Crippen MR) is 111 cm³/mol. The molecule has 0 aliphatic carbocycles. The lowest BCUT2D eigenvalue weighted by atomic mass is 10.1. The van der Waals surface area contributed by atoms with Crippen LogP contribution >= 0.6 is 32.2 Å². The van der Waals surface area contributed by atoms with E-state index in [-0.39, 0.29) is 36.6 Å². The van der Waals surface area contributed by atoms with Crippen LogP contribution in [0.4, 0.5) is 11.4 Å². The van der Waals surface area contributed by atoms with Gasteiger partial charge in [-0.3, -0.25) is 4.79 Å². The maximum Gasteiger partial charge on any atom is 0.226 e. The van der Waals surface area contributed by atoms with Crippen molar-refractivity contribution in [3.8, 4) is 11.5 Å². The van der Waals surface area contributed by atoms with Crippen LogP contribution in [0.3, 0.4) is 0 Å². The first-order valence-corrected chi connectivity index (χ1v) is 9.80. The second-order valence-corrected chi connectivity index (χ2v) is 7.70. The van der Waals surface area contributed by atoms with Crippen molar-refractivity contribution < 1.29 is 19.5 Å². The van der Waals surface area contributed by atoms with E-state index in [2.05, 4.69) is 10.4 Å². The van der Waals surface area contributed by atoms with Crippen LogP contribution in [0.1, 0.15) is 25.0 Å². The third kappa shape index (κ3) is 5.88. The van der Waals surface area contributed by atoms with Gasteiger partial charge in [0.25, 0.3) is 0 Å². The van der Waals surface area contributed by atoms with Crippen molar-refractivity contribution in [2.45, 2.75) is 27.7 Å². The predicted octanol–water partition coefficient (Wildman–Crippen LogP) is 5.84. The summed E-state index contributed by atoms with van der Waals surface area (Å²) in [7, 11) is -0.233. The largest absolute Gasteiger partial charge is 0.505 e. The molecule has 0 radical (unpaired) electrons. The second kappa shape index (κ2) is 9.47. The Balaban J connectivity index is 1.95. The summed E-state index contributed by atoms with van der Waals surface area (Å²) in [6, 6.07) is 6.70. The van der Waals surface area contributed by atoms with E-state index in [0.29, 0.717) is 17.1 Å². The monoisotopic (exact) mass is 430 g/mol. The van der Waals surface area contributed by atoms with E-state index in [1.54, 1.807) is 0 Å². The van der Waals surface area contributed by atoms with E-state index >= 15 is 0 Å². The van der Waals surface area contributed by atoms with Crippen molar-refractivity contribution in [1.82, 2.24) is 0 Å².